The molecule has 0 saturated carbocycles. The van der Waals surface area contributed by atoms with Gasteiger partial charge >= 0.3 is 0 Å². The van der Waals surface area contributed by atoms with Crippen molar-refractivity contribution in [1.29, 1.82) is 0 Å². The number of aliphatic hydroxyl groups is 1. The number of carbonyl (C=O) groups is 1. The van der Waals surface area contributed by atoms with Crippen LogP contribution < -0.4 is 9.62 Å². The van der Waals surface area contributed by atoms with E-state index in [-0.39, 0.29) is 17.1 Å². The Morgan fingerprint density at radius 3 is 2.72 bits per heavy atom. The van der Waals surface area contributed by atoms with E-state index >= 15 is 0 Å². The van der Waals surface area contributed by atoms with E-state index < -0.39 is 15.9 Å². The molecule has 98 valence electrons. The third kappa shape index (κ3) is 2.06. The van der Waals surface area contributed by atoms with Crippen LogP contribution in [-0.2, 0) is 10.0 Å². The molecule has 1 heterocycles. The predicted molar refractivity (Wildman–Crippen MR) is 66.1 cm³/mol. The molecule has 0 bridgehead atoms. The number of nitrogens with one attached hydrogen (secondary N) is 1. The van der Waals surface area contributed by atoms with E-state index in [2.05, 4.69) is 0 Å². The van der Waals surface area contributed by atoms with E-state index in [1.54, 1.807) is 6.07 Å². The number of aliphatic hydroxyl groups excluding tert-OH is 1. The first kappa shape index (κ1) is 12.8. The Kier molecular flexibility index (Phi) is 3.27. The van der Waals surface area contributed by atoms with Gasteiger partial charge in [-0.1, -0.05) is 0 Å². The van der Waals surface area contributed by atoms with E-state index in [0.29, 0.717) is 13.1 Å². The van der Waals surface area contributed by atoms with Gasteiger partial charge in [-0.3, -0.25) is 4.79 Å². The SMILES string of the molecule is CCN(CCO)c1ccc2c(c1)C(=O)NS2(=O)=O. The molecule has 1 aliphatic heterocycles. The van der Waals surface area contributed by atoms with Crippen molar-refractivity contribution in [3.05, 3.63) is 23.8 Å². The highest BCUT2D eigenvalue weighted by molar-refractivity contribution is 7.90. The summed E-state index contributed by atoms with van der Waals surface area (Å²) in [5.41, 5.74) is 0.876. The van der Waals surface area contributed by atoms with E-state index in [0.717, 1.165) is 5.69 Å². The quantitative estimate of drug-likeness (QED) is 0.800. The van der Waals surface area contributed by atoms with Gasteiger partial charge < -0.3 is 10.0 Å². The van der Waals surface area contributed by atoms with Crippen LogP contribution in [0.15, 0.2) is 23.1 Å². The molecular formula is C11H14N2O4S. The minimum atomic E-state index is -3.68. The van der Waals surface area contributed by atoms with E-state index in [9.17, 15) is 13.2 Å². The number of benzene rings is 1. The largest absolute Gasteiger partial charge is 0.395 e. The lowest BCUT2D eigenvalue weighted by Gasteiger charge is -2.22. The lowest BCUT2D eigenvalue weighted by Crippen LogP contribution is -2.26. The van der Waals surface area contributed by atoms with Crippen LogP contribution in [0.3, 0.4) is 0 Å². The van der Waals surface area contributed by atoms with Crippen LogP contribution in [0, 0.1) is 0 Å². The monoisotopic (exact) mass is 270 g/mol. The number of likely N-dealkylation sites (N-methyl/N-ethyl adjacent to an activating group) is 1. The number of hydrogen-bond acceptors (Lipinski definition) is 5. The summed E-state index contributed by atoms with van der Waals surface area (Å²) in [4.78, 5) is 13.4. The van der Waals surface area contributed by atoms with Gasteiger partial charge in [0.2, 0.25) is 0 Å². The number of amides is 1. The number of rotatable bonds is 4. The smallest absolute Gasteiger partial charge is 0.266 e. The summed E-state index contributed by atoms with van der Waals surface area (Å²) in [5.74, 6) is -0.605. The molecule has 0 saturated heterocycles. The van der Waals surface area contributed by atoms with Crippen LogP contribution >= 0.6 is 0 Å². The molecule has 0 fully saturated rings. The Morgan fingerprint density at radius 1 is 1.39 bits per heavy atom. The zero-order valence-corrected chi connectivity index (χ0v) is 10.7. The topological polar surface area (TPSA) is 86.7 Å². The molecule has 0 unspecified atom stereocenters. The van der Waals surface area contributed by atoms with Crippen LogP contribution in [0.1, 0.15) is 17.3 Å². The number of hydrogen-bond donors (Lipinski definition) is 2. The molecule has 0 aromatic heterocycles. The average molecular weight is 270 g/mol. The number of nitrogens with zero attached hydrogens (tertiary/aromatic N) is 1. The molecule has 6 nitrogen and oxygen atoms in total. The van der Waals surface area contributed by atoms with E-state index in [1.807, 2.05) is 16.5 Å². The lowest BCUT2D eigenvalue weighted by atomic mass is 10.1. The van der Waals surface area contributed by atoms with Crippen molar-refractivity contribution in [2.24, 2.45) is 0 Å². The maximum Gasteiger partial charge on any atom is 0.266 e. The second-order valence-electron chi connectivity index (χ2n) is 3.92. The van der Waals surface area contributed by atoms with E-state index in [1.165, 1.54) is 12.1 Å². The van der Waals surface area contributed by atoms with Gasteiger partial charge in [0, 0.05) is 18.8 Å². The molecule has 0 aliphatic carbocycles. The van der Waals surface area contributed by atoms with E-state index in [4.69, 9.17) is 5.11 Å². The minimum absolute atomic E-state index is 0.00454. The van der Waals surface area contributed by atoms with Crippen molar-refractivity contribution in [2.45, 2.75) is 11.8 Å². The maximum atomic E-state index is 11.6. The molecule has 1 aromatic carbocycles. The molecule has 2 rings (SSSR count). The fraction of sp³-hybridized carbons (Fsp3) is 0.364. The molecule has 0 spiro atoms. The number of carbonyl (C=O) groups excluding carboxylic acids is 1. The Hall–Kier alpha value is -1.60. The highest BCUT2D eigenvalue weighted by Gasteiger charge is 2.32. The third-order valence-corrected chi connectivity index (χ3v) is 4.23. The Balaban J connectivity index is 2.45. The second-order valence-corrected chi connectivity index (χ2v) is 5.57. The molecule has 1 aliphatic rings. The normalized spacial score (nSPS) is 16.2. The fourth-order valence-corrected chi connectivity index (χ4v) is 3.10. The van der Waals surface area contributed by atoms with Gasteiger partial charge in [0.25, 0.3) is 15.9 Å². The summed E-state index contributed by atoms with van der Waals surface area (Å²) in [6.45, 7) is 3.01. The predicted octanol–water partition coefficient (Wildman–Crippen LogP) is -0.0627. The Labute approximate surface area is 105 Å². The summed E-state index contributed by atoms with van der Waals surface area (Å²) in [5, 5.41) is 8.94. The summed E-state index contributed by atoms with van der Waals surface area (Å²) in [6, 6.07) is 4.59. The highest BCUT2D eigenvalue weighted by Crippen LogP contribution is 2.27. The summed E-state index contributed by atoms with van der Waals surface area (Å²) >= 11 is 0. The number of sulfonamides is 1. The zero-order chi connectivity index (χ0) is 13.3. The molecule has 2 N–H and O–H groups in total. The summed E-state index contributed by atoms with van der Waals surface area (Å²) in [7, 11) is -3.68. The van der Waals surface area contributed by atoms with Gasteiger partial charge in [0.05, 0.1) is 12.2 Å². The van der Waals surface area contributed by atoms with Crippen LogP contribution in [0.2, 0.25) is 0 Å². The van der Waals surface area contributed by atoms with Gasteiger partial charge in [-0.2, -0.15) is 0 Å². The minimum Gasteiger partial charge on any atom is -0.395 e. The van der Waals surface area contributed by atoms with Gasteiger partial charge in [0.1, 0.15) is 4.90 Å². The lowest BCUT2D eigenvalue weighted by molar-refractivity contribution is 0.0985. The third-order valence-electron chi connectivity index (χ3n) is 2.84. The first-order chi connectivity index (χ1) is 8.49. The van der Waals surface area contributed by atoms with Gasteiger partial charge in [0.15, 0.2) is 0 Å². The standard InChI is InChI=1S/C11H14N2O4S/c1-2-13(5-6-14)8-3-4-10-9(7-8)11(15)12-18(10,16)17/h3-4,7,14H,2,5-6H2,1H3,(H,12,15). The van der Waals surface area contributed by atoms with Crippen molar-refractivity contribution in [1.82, 2.24) is 4.72 Å². The van der Waals surface area contributed by atoms with Crippen LogP contribution in [0.5, 0.6) is 0 Å². The van der Waals surface area contributed by atoms with Gasteiger partial charge in [-0.25, -0.2) is 13.1 Å². The van der Waals surface area contributed by atoms with Crippen LogP contribution in [0.4, 0.5) is 5.69 Å². The van der Waals surface area contributed by atoms with Crippen molar-refractivity contribution >= 4 is 21.6 Å². The molecule has 0 atom stereocenters. The molecule has 7 heteroatoms. The summed E-state index contributed by atoms with van der Waals surface area (Å²) < 4.78 is 25.0. The fourth-order valence-electron chi connectivity index (χ4n) is 1.95. The Morgan fingerprint density at radius 2 is 2.11 bits per heavy atom. The van der Waals surface area contributed by atoms with Crippen molar-refractivity contribution < 1.29 is 18.3 Å². The van der Waals surface area contributed by atoms with Crippen molar-refractivity contribution in [2.75, 3.05) is 24.6 Å². The van der Waals surface area contributed by atoms with Crippen LogP contribution in [0.25, 0.3) is 0 Å². The first-order valence-corrected chi connectivity index (χ1v) is 7.05. The molecular weight excluding hydrogens is 256 g/mol. The van der Waals surface area contributed by atoms with Crippen molar-refractivity contribution in [3.63, 3.8) is 0 Å². The Bertz CT molecular complexity index is 583. The van der Waals surface area contributed by atoms with Crippen LogP contribution in [-0.4, -0.2) is 39.1 Å². The summed E-state index contributed by atoms with van der Waals surface area (Å²) in [6.07, 6.45) is 0. The maximum absolute atomic E-state index is 11.6. The molecule has 1 aromatic rings. The molecule has 18 heavy (non-hydrogen) atoms. The first-order valence-electron chi connectivity index (χ1n) is 5.56. The number of fused-ring (bicyclic) bond motifs is 1. The highest BCUT2D eigenvalue weighted by atomic mass is 32.2. The molecule has 1 amide bonds. The van der Waals surface area contributed by atoms with Gasteiger partial charge in [-0.05, 0) is 25.1 Å². The van der Waals surface area contributed by atoms with Crippen molar-refractivity contribution in [3.8, 4) is 0 Å². The average Bonchev–Trinajstić information content (AvgIpc) is 2.56. The zero-order valence-electron chi connectivity index (χ0n) is 9.88. The number of anilines is 1. The second kappa shape index (κ2) is 4.58. The molecule has 0 radical (unpaired) electrons. The van der Waals surface area contributed by atoms with Gasteiger partial charge in [-0.15, -0.1) is 0 Å².